The molecule has 0 aliphatic carbocycles. The smallest absolute Gasteiger partial charge is 0.306 e. The summed E-state index contributed by atoms with van der Waals surface area (Å²) in [7, 11) is 0. The van der Waals surface area contributed by atoms with Crippen molar-refractivity contribution in [3.8, 4) is 6.07 Å². The molecule has 0 radical (unpaired) electrons. The van der Waals surface area contributed by atoms with Crippen molar-refractivity contribution in [2.75, 3.05) is 11.9 Å². The van der Waals surface area contributed by atoms with Crippen LogP contribution < -0.4 is 5.32 Å². The summed E-state index contributed by atoms with van der Waals surface area (Å²) >= 11 is 0. The number of pyridine rings is 1. The standard InChI is InChI=1S/C11H13N3O2/c1-8(11(15)16)2-4-13-10-6-9(7-12)3-5-14-10/h3,5-6,8H,2,4H2,1H3,(H,13,14)(H,15,16). The summed E-state index contributed by atoms with van der Waals surface area (Å²) in [5.41, 5.74) is 0.531. The zero-order valence-electron chi connectivity index (χ0n) is 8.97. The molecule has 0 amide bonds. The van der Waals surface area contributed by atoms with E-state index in [2.05, 4.69) is 10.3 Å². The molecule has 0 saturated heterocycles. The number of nitriles is 1. The quantitative estimate of drug-likeness (QED) is 0.783. The number of hydrogen-bond acceptors (Lipinski definition) is 4. The number of anilines is 1. The molecular weight excluding hydrogens is 206 g/mol. The summed E-state index contributed by atoms with van der Waals surface area (Å²) in [6, 6.07) is 5.26. The highest BCUT2D eigenvalue weighted by Crippen LogP contribution is 2.07. The van der Waals surface area contributed by atoms with Crippen LogP contribution in [0.2, 0.25) is 0 Å². The van der Waals surface area contributed by atoms with Crippen LogP contribution in [0.25, 0.3) is 0 Å². The van der Waals surface area contributed by atoms with E-state index in [1.54, 1.807) is 25.3 Å². The molecule has 1 heterocycles. The predicted octanol–water partition coefficient (Wildman–Crippen LogP) is 1.48. The largest absolute Gasteiger partial charge is 0.481 e. The molecule has 0 aliphatic rings. The van der Waals surface area contributed by atoms with Crippen LogP contribution in [-0.2, 0) is 4.79 Å². The number of aliphatic carboxylic acids is 1. The predicted molar refractivity (Wildman–Crippen MR) is 58.9 cm³/mol. The summed E-state index contributed by atoms with van der Waals surface area (Å²) in [6.45, 7) is 2.18. The Morgan fingerprint density at radius 1 is 1.75 bits per heavy atom. The Labute approximate surface area is 93.7 Å². The summed E-state index contributed by atoms with van der Waals surface area (Å²) in [6.07, 6.45) is 2.06. The number of carbonyl (C=O) groups is 1. The van der Waals surface area contributed by atoms with Crippen molar-refractivity contribution < 1.29 is 9.90 Å². The van der Waals surface area contributed by atoms with Gasteiger partial charge >= 0.3 is 5.97 Å². The maximum Gasteiger partial charge on any atom is 0.306 e. The van der Waals surface area contributed by atoms with E-state index in [-0.39, 0.29) is 5.92 Å². The molecule has 16 heavy (non-hydrogen) atoms. The monoisotopic (exact) mass is 219 g/mol. The average Bonchev–Trinajstić information content (AvgIpc) is 2.29. The molecule has 5 nitrogen and oxygen atoms in total. The molecule has 1 rings (SSSR count). The first-order valence-corrected chi connectivity index (χ1v) is 4.96. The van der Waals surface area contributed by atoms with Gasteiger partial charge in [0.2, 0.25) is 0 Å². The minimum absolute atomic E-state index is 0.383. The summed E-state index contributed by atoms with van der Waals surface area (Å²) < 4.78 is 0. The van der Waals surface area contributed by atoms with Gasteiger partial charge < -0.3 is 10.4 Å². The molecule has 1 aromatic rings. The van der Waals surface area contributed by atoms with Crippen molar-refractivity contribution in [3.63, 3.8) is 0 Å². The zero-order valence-corrected chi connectivity index (χ0v) is 8.97. The van der Waals surface area contributed by atoms with Crippen LogP contribution in [0.4, 0.5) is 5.82 Å². The highest BCUT2D eigenvalue weighted by atomic mass is 16.4. The van der Waals surface area contributed by atoms with E-state index in [9.17, 15) is 4.79 Å². The third-order valence-corrected chi connectivity index (χ3v) is 2.19. The molecule has 0 bridgehead atoms. The van der Waals surface area contributed by atoms with Gasteiger partial charge in [-0.1, -0.05) is 6.92 Å². The van der Waals surface area contributed by atoms with Gasteiger partial charge in [-0.05, 0) is 18.6 Å². The normalized spacial score (nSPS) is 11.5. The van der Waals surface area contributed by atoms with Crippen molar-refractivity contribution in [2.45, 2.75) is 13.3 Å². The number of nitrogens with zero attached hydrogens (tertiary/aromatic N) is 2. The summed E-state index contributed by atoms with van der Waals surface area (Å²) in [4.78, 5) is 14.6. The second kappa shape index (κ2) is 5.71. The van der Waals surface area contributed by atoms with Crippen LogP contribution in [0, 0.1) is 17.2 Å². The van der Waals surface area contributed by atoms with Gasteiger partial charge in [-0.2, -0.15) is 5.26 Å². The van der Waals surface area contributed by atoms with E-state index in [0.29, 0.717) is 24.3 Å². The molecule has 0 saturated carbocycles. The van der Waals surface area contributed by atoms with Crippen molar-refractivity contribution in [1.29, 1.82) is 5.26 Å². The lowest BCUT2D eigenvalue weighted by molar-refractivity contribution is -0.141. The van der Waals surface area contributed by atoms with E-state index in [1.165, 1.54) is 0 Å². The fourth-order valence-corrected chi connectivity index (χ4v) is 1.14. The van der Waals surface area contributed by atoms with Crippen molar-refractivity contribution in [1.82, 2.24) is 4.98 Å². The van der Waals surface area contributed by atoms with Crippen LogP contribution in [0.3, 0.4) is 0 Å². The number of rotatable bonds is 5. The molecule has 0 aromatic carbocycles. The third kappa shape index (κ3) is 3.58. The van der Waals surface area contributed by atoms with E-state index >= 15 is 0 Å². The lowest BCUT2D eigenvalue weighted by atomic mass is 10.1. The SMILES string of the molecule is CC(CCNc1cc(C#N)ccn1)C(=O)O. The van der Waals surface area contributed by atoms with Crippen LogP contribution in [0.5, 0.6) is 0 Å². The van der Waals surface area contributed by atoms with Crippen molar-refractivity contribution in [2.24, 2.45) is 5.92 Å². The number of nitrogens with one attached hydrogen (secondary N) is 1. The first kappa shape index (κ1) is 12.0. The highest BCUT2D eigenvalue weighted by Gasteiger charge is 2.09. The minimum Gasteiger partial charge on any atom is -0.481 e. The van der Waals surface area contributed by atoms with Crippen molar-refractivity contribution >= 4 is 11.8 Å². The van der Waals surface area contributed by atoms with E-state index in [1.807, 2.05) is 6.07 Å². The second-order valence-corrected chi connectivity index (χ2v) is 3.50. The molecule has 84 valence electrons. The lowest BCUT2D eigenvalue weighted by Crippen LogP contribution is -2.14. The van der Waals surface area contributed by atoms with Gasteiger partial charge in [0.15, 0.2) is 0 Å². The maximum atomic E-state index is 10.6. The zero-order chi connectivity index (χ0) is 12.0. The molecular formula is C11H13N3O2. The molecule has 0 fully saturated rings. The van der Waals surface area contributed by atoms with Crippen molar-refractivity contribution in [3.05, 3.63) is 23.9 Å². The molecule has 2 N–H and O–H groups in total. The van der Waals surface area contributed by atoms with E-state index in [4.69, 9.17) is 10.4 Å². The van der Waals surface area contributed by atoms with E-state index < -0.39 is 5.97 Å². The van der Waals surface area contributed by atoms with Gasteiger partial charge in [0.1, 0.15) is 5.82 Å². The topological polar surface area (TPSA) is 86.0 Å². The minimum atomic E-state index is -0.805. The lowest BCUT2D eigenvalue weighted by Gasteiger charge is -2.07. The Bertz CT molecular complexity index is 412. The summed E-state index contributed by atoms with van der Waals surface area (Å²) in [5, 5.41) is 20.3. The Kier molecular flexibility index (Phi) is 4.28. The van der Waals surface area contributed by atoms with Crippen LogP contribution in [0.15, 0.2) is 18.3 Å². The second-order valence-electron chi connectivity index (χ2n) is 3.50. The first-order valence-electron chi connectivity index (χ1n) is 4.96. The molecule has 1 unspecified atom stereocenters. The van der Waals surface area contributed by atoms with Gasteiger partial charge in [-0.3, -0.25) is 4.79 Å². The Balaban J connectivity index is 2.43. The van der Waals surface area contributed by atoms with Gasteiger partial charge in [-0.25, -0.2) is 4.98 Å². The fraction of sp³-hybridized carbons (Fsp3) is 0.364. The number of carboxylic acids is 1. The van der Waals surface area contributed by atoms with Crippen LogP contribution in [-0.4, -0.2) is 22.6 Å². The Morgan fingerprint density at radius 2 is 2.50 bits per heavy atom. The van der Waals surface area contributed by atoms with Crippen LogP contribution in [0.1, 0.15) is 18.9 Å². The van der Waals surface area contributed by atoms with Crippen LogP contribution >= 0.6 is 0 Å². The highest BCUT2D eigenvalue weighted by molar-refractivity contribution is 5.69. The first-order chi connectivity index (χ1) is 7.63. The fourth-order valence-electron chi connectivity index (χ4n) is 1.14. The molecule has 5 heteroatoms. The molecule has 1 aromatic heterocycles. The Hall–Kier alpha value is -2.09. The van der Waals surface area contributed by atoms with Gasteiger partial charge in [-0.15, -0.1) is 0 Å². The molecule has 1 atom stereocenters. The molecule has 0 spiro atoms. The summed E-state index contributed by atoms with van der Waals surface area (Å²) in [5.74, 6) is -0.594. The van der Waals surface area contributed by atoms with Gasteiger partial charge in [0.05, 0.1) is 17.6 Å². The molecule has 0 aliphatic heterocycles. The average molecular weight is 219 g/mol. The number of carboxylic acid groups (broad SMARTS) is 1. The van der Waals surface area contributed by atoms with Gasteiger partial charge in [0.25, 0.3) is 0 Å². The Morgan fingerprint density at radius 3 is 3.12 bits per heavy atom. The third-order valence-electron chi connectivity index (χ3n) is 2.19. The number of hydrogen-bond donors (Lipinski definition) is 2. The van der Waals surface area contributed by atoms with Gasteiger partial charge in [0, 0.05) is 12.7 Å². The maximum absolute atomic E-state index is 10.6. The van der Waals surface area contributed by atoms with E-state index in [0.717, 1.165) is 0 Å². The number of aromatic nitrogens is 1.